The maximum absolute atomic E-state index is 15.0. The maximum atomic E-state index is 15.0. The highest BCUT2D eigenvalue weighted by atomic mass is 19.1. The van der Waals surface area contributed by atoms with Gasteiger partial charge in [0.25, 0.3) is 0 Å². The Kier molecular flexibility index (Phi) is 7.45. The zero-order valence-corrected chi connectivity index (χ0v) is 18.7. The van der Waals surface area contributed by atoms with E-state index in [0.717, 1.165) is 24.2 Å². The van der Waals surface area contributed by atoms with E-state index in [0.29, 0.717) is 36.8 Å². The number of aromatic amines is 1. The van der Waals surface area contributed by atoms with E-state index >= 15 is 4.39 Å². The fourth-order valence-electron chi connectivity index (χ4n) is 3.48. The number of piperidine rings is 1. The number of guanidine groups is 1. The van der Waals surface area contributed by atoms with E-state index in [4.69, 9.17) is 15.7 Å². The van der Waals surface area contributed by atoms with Gasteiger partial charge in [-0.3, -0.25) is 10.4 Å². The van der Waals surface area contributed by atoms with Gasteiger partial charge in [-0.1, -0.05) is 23.4 Å². The number of anilines is 1. The summed E-state index contributed by atoms with van der Waals surface area (Å²) in [5, 5.41) is 21.5. The first kappa shape index (κ1) is 23.6. The Morgan fingerprint density at radius 3 is 2.71 bits per heavy atom. The van der Waals surface area contributed by atoms with Crippen molar-refractivity contribution in [2.75, 3.05) is 18.0 Å². The Bertz CT molecular complexity index is 1200. The Hall–Kier alpha value is -4.55. The molecule has 1 saturated heterocycles. The van der Waals surface area contributed by atoms with E-state index in [1.807, 2.05) is 16.3 Å². The topological polar surface area (TPSA) is 167 Å². The van der Waals surface area contributed by atoms with Gasteiger partial charge in [-0.25, -0.2) is 24.1 Å². The molecular formula is C22H24FN9O3. The summed E-state index contributed by atoms with van der Waals surface area (Å²) in [4.78, 5) is 30.7. The SMILES string of the molecule is NC(=NCc1cccc(-c2cnc(N3CCC(=NOCc4ccn[nH]4)CC3)nc2)c1F)NC(=O)O. The van der Waals surface area contributed by atoms with Gasteiger partial charge >= 0.3 is 6.09 Å². The highest BCUT2D eigenvalue weighted by molar-refractivity contribution is 5.92. The van der Waals surface area contributed by atoms with Gasteiger partial charge in [0.1, 0.15) is 5.82 Å². The van der Waals surface area contributed by atoms with Crippen LogP contribution >= 0.6 is 0 Å². The predicted octanol–water partition coefficient (Wildman–Crippen LogP) is 2.26. The number of oxime groups is 1. The number of rotatable bonds is 7. The average molecular weight is 481 g/mol. The van der Waals surface area contributed by atoms with Crippen LogP contribution in [0.5, 0.6) is 0 Å². The van der Waals surface area contributed by atoms with Gasteiger partial charge in [-0.2, -0.15) is 5.10 Å². The number of hydrogen-bond acceptors (Lipinski definition) is 8. The molecule has 5 N–H and O–H groups in total. The van der Waals surface area contributed by atoms with Crippen LogP contribution in [0.15, 0.2) is 53.0 Å². The fraction of sp³-hybridized carbons (Fsp3) is 0.273. The summed E-state index contributed by atoms with van der Waals surface area (Å²) in [7, 11) is 0. The van der Waals surface area contributed by atoms with E-state index in [2.05, 4.69) is 30.3 Å². The molecule has 0 aliphatic carbocycles. The number of H-pyrrole nitrogens is 1. The minimum Gasteiger partial charge on any atom is -0.465 e. The summed E-state index contributed by atoms with van der Waals surface area (Å²) < 4.78 is 15.0. The van der Waals surface area contributed by atoms with Crippen molar-refractivity contribution in [3.8, 4) is 11.1 Å². The number of amides is 1. The number of nitrogens with one attached hydrogen (secondary N) is 2. The molecule has 2 aromatic heterocycles. The van der Waals surface area contributed by atoms with Crippen molar-refractivity contribution in [1.29, 1.82) is 0 Å². The molecule has 1 aromatic carbocycles. The fourth-order valence-corrected chi connectivity index (χ4v) is 3.48. The molecule has 182 valence electrons. The van der Waals surface area contributed by atoms with Gasteiger partial charge in [0.15, 0.2) is 12.6 Å². The number of carbonyl (C=O) groups is 1. The largest absolute Gasteiger partial charge is 0.465 e. The smallest absolute Gasteiger partial charge is 0.411 e. The molecule has 13 heteroatoms. The Balaban J connectivity index is 1.35. The molecule has 1 fully saturated rings. The highest BCUT2D eigenvalue weighted by Gasteiger charge is 2.19. The zero-order chi connectivity index (χ0) is 24.6. The van der Waals surface area contributed by atoms with Crippen LogP contribution in [0, 0.1) is 5.82 Å². The number of aromatic nitrogens is 4. The maximum Gasteiger partial charge on any atom is 0.411 e. The van der Waals surface area contributed by atoms with Gasteiger partial charge in [-0.15, -0.1) is 0 Å². The lowest BCUT2D eigenvalue weighted by atomic mass is 10.0. The van der Waals surface area contributed by atoms with Crippen LogP contribution in [0.3, 0.4) is 0 Å². The molecule has 3 heterocycles. The van der Waals surface area contributed by atoms with Crippen molar-refractivity contribution < 1.29 is 19.1 Å². The summed E-state index contributed by atoms with van der Waals surface area (Å²) in [6.45, 7) is 1.61. The quantitative estimate of drug-likeness (QED) is 0.226. The second-order valence-electron chi connectivity index (χ2n) is 7.68. The lowest BCUT2D eigenvalue weighted by molar-refractivity contribution is 0.126. The van der Waals surface area contributed by atoms with Crippen molar-refractivity contribution in [2.24, 2.45) is 15.9 Å². The lowest BCUT2D eigenvalue weighted by Gasteiger charge is -2.27. The van der Waals surface area contributed by atoms with Crippen LogP contribution in [0.2, 0.25) is 0 Å². The van der Waals surface area contributed by atoms with Crippen molar-refractivity contribution >= 4 is 23.7 Å². The molecule has 1 aliphatic heterocycles. The Labute approximate surface area is 199 Å². The summed E-state index contributed by atoms with van der Waals surface area (Å²) in [5.74, 6) is -0.251. The molecule has 0 atom stereocenters. The number of halogens is 1. The second kappa shape index (κ2) is 11.0. The molecule has 35 heavy (non-hydrogen) atoms. The molecule has 0 bridgehead atoms. The Morgan fingerprint density at radius 1 is 1.26 bits per heavy atom. The minimum atomic E-state index is -1.34. The molecule has 0 saturated carbocycles. The number of benzene rings is 1. The first-order valence-corrected chi connectivity index (χ1v) is 10.8. The highest BCUT2D eigenvalue weighted by Crippen LogP contribution is 2.25. The average Bonchev–Trinajstić information content (AvgIpc) is 3.37. The molecule has 0 unspecified atom stereocenters. The van der Waals surface area contributed by atoms with Gasteiger partial charge < -0.3 is 20.6 Å². The minimum absolute atomic E-state index is 0.117. The third-order valence-corrected chi connectivity index (χ3v) is 5.28. The molecular weight excluding hydrogens is 457 g/mol. The van der Waals surface area contributed by atoms with Crippen molar-refractivity contribution in [1.82, 2.24) is 25.5 Å². The molecule has 1 amide bonds. The molecule has 0 radical (unpaired) electrons. The summed E-state index contributed by atoms with van der Waals surface area (Å²) in [6.07, 6.45) is 4.93. The summed E-state index contributed by atoms with van der Waals surface area (Å²) in [6, 6.07) is 6.68. The summed E-state index contributed by atoms with van der Waals surface area (Å²) >= 11 is 0. The molecule has 3 aromatic rings. The predicted molar refractivity (Wildman–Crippen MR) is 126 cm³/mol. The van der Waals surface area contributed by atoms with Crippen molar-refractivity contribution in [3.63, 3.8) is 0 Å². The normalized spacial score (nSPS) is 14.0. The molecule has 1 aliphatic rings. The van der Waals surface area contributed by atoms with Crippen molar-refractivity contribution in [3.05, 3.63) is 59.9 Å². The number of hydrogen-bond donors (Lipinski definition) is 4. The summed E-state index contributed by atoms with van der Waals surface area (Å²) in [5.41, 5.74) is 8.37. The number of carboxylic acid groups (broad SMARTS) is 1. The standard InChI is InChI=1S/C22H24FN9O3/c23-19-14(10-25-20(24)29-22(33)34)2-1-3-18(19)15-11-26-21(27-12-15)32-8-5-16(6-9-32)31-35-13-17-4-7-28-30-17/h1-4,7,11-12H,5-6,8-10,13H2,(H,28,30)(H,33,34)(H3,24,25,29). The van der Waals surface area contributed by atoms with Gasteiger partial charge in [0, 0.05) is 61.2 Å². The van der Waals surface area contributed by atoms with Gasteiger partial charge in [-0.05, 0) is 6.07 Å². The molecule has 0 spiro atoms. The first-order valence-electron chi connectivity index (χ1n) is 10.8. The van der Waals surface area contributed by atoms with E-state index in [1.54, 1.807) is 36.8 Å². The lowest BCUT2D eigenvalue weighted by Crippen LogP contribution is -2.35. The zero-order valence-electron chi connectivity index (χ0n) is 18.7. The number of nitrogens with two attached hydrogens (primary N) is 1. The monoisotopic (exact) mass is 481 g/mol. The third-order valence-electron chi connectivity index (χ3n) is 5.28. The van der Waals surface area contributed by atoms with Gasteiger partial charge in [0.05, 0.1) is 18.0 Å². The molecule has 4 rings (SSSR count). The first-order chi connectivity index (χ1) is 17.0. The van der Waals surface area contributed by atoms with E-state index in [9.17, 15) is 4.79 Å². The third kappa shape index (κ3) is 6.28. The van der Waals surface area contributed by atoms with E-state index in [-0.39, 0.29) is 18.1 Å². The van der Waals surface area contributed by atoms with Crippen LogP contribution in [-0.2, 0) is 18.0 Å². The molecule has 12 nitrogen and oxygen atoms in total. The van der Waals surface area contributed by atoms with Crippen LogP contribution in [0.4, 0.5) is 15.1 Å². The van der Waals surface area contributed by atoms with E-state index in [1.165, 1.54) is 0 Å². The van der Waals surface area contributed by atoms with Crippen LogP contribution in [0.1, 0.15) is 24.1 Å². The van der Waals surface area contributed by atoms with Crippen molar-refractivity contribution in [2.45, 2.75) is 26.0 Å². The van der Waals surface area contributed by atoms with Crippen LogP contribution < -0.4 is 16.0 Å². The van der Waals surface area contributed by atoms with Gasteiger partial charge in [0.2, 0.25) is 5.95 Å². The second-order valence-corrected chi connectivity index (χ2v) is 7.68. The van der Waals surface area contributed by atoms with Crippen LogP contribution in [-0.4, -0.2) is 56.1 Å². The van der Waals surface area contributed by atoms with E-state index < -0.39 is 11.9 Å². The Morgan fingerprint density at radius 2 is 2.03 bits per heavy atom. The van der Waals surface area contributed by atoms with Crippen LogP contribution in [0.25, 0.3) is 11.1 Å². The number of nitrogens with zero attached hydrogens (tertiary/aromatic N) is 6. The number of aliphatic imine (C=N–C) groups is 1.